The number of carbonyl (C=O) groups excluding carboxylic acids is 3. The summed E-state index contributed by atoms with van der Waals surface area (Å²) in [6.07, 6.45) is -0.0512. The van der Waals surface area contributed by atoms with Gasteiger partial charge in [0.15, 0.2) is 0 Å². The van der Waals surface area contributed by atoms with E-state index in [0.717, 1.165) is 4.90 Å². The smallest absolute Gasteiger partial charge is 0.261 e. The number of imide groups is 1. The molecule has 3 amide bonds. The van der Waals surface area contributed by atoms with E-state index in [1.807, 2.05) is 0 Å². The Kier molecular flexibility index (Phi) is 4.86. The largest absolute Gasteiger partial charge is 0.347 e. The zero-order valence-electron chi connectivity index (χ0n) is 15.1. The number of halogens is 1. The Morgan fingerprint density at radius 2 is 1.69 bits per heavy atom. The molecule has 0 spiro atoms. The Balaban J connectivity index is 1.30. The topological polar surface area (TPSA) is 105 Å². The van der Waals surface area contributed by atoms with Crippen molar-refractivity contribution in [3.63, 3.8) is 0 Å². The average molecular weight is 394 g/mol. The van der Waals surface area contributed by atoms with Crippen LogP contribution in [0.15, 0.2) is 53.1 Å². The molecule has 1 aliphatic heterocycles. The molecule has 1 aromatic heterocycles. The van der Waals surface area contributed by atoms with Crippen molar-refractivity contribution >= 4 is 17.7 Å². The van der Waals surface area contributed by atoms with Crippen LogP contribution < -0.4 is 5.32 Å². The Morgan fingerprint density at radius 1 is 1.03 bits per heavy atom. The molecule has 0 saturated carbocycles. The van der Waals surface area contributed by atoms with Gasteiger partial charge in [-0.1, -0.05) is 17.3 Å². The maximum atomic E-state index is 13.0. The second kappa shape index (κ2) is 7.63. The number of hydrogen-bond acceptors (Lipinski definition) is 6. The van der Waals surface area contributed by atoms with E-state index in [-0.39, 0.29) is 42.9 Å². The van der Waals surface area contributed by atoms with E-state index in [1.165, 1.54) is 24.3 Å². The first-order chi connectivity index (χ1) is 14.0. The van der Waals surface area contributed by atoms with Gasteiger partial charge in [-0.25, -0.2) is 4.39 Å². The Morgan fingerprint density at radius 3 is 2.34 bits per heavy atom. The quantitative estimate of drug-likeness (QED) is 0.643. The molecule has 2 heterocycles. The maximum absolute atomic E-state index is 13.0. The predicted octanol–water partition coefficient (Wildman–Crippen LogP) is 2.18. The van der Waals surface area contributed by atoms with E-state index in [0.29, 0.717) is 16.7 Å². The van der Waals surface area contributed by atoms with E-state index < -0.39 is 11.8 Å². The number of benzene rings is 2. The maximum Gasteiger partial charge on any atom is 0.261 e. The summed E-state index contributed by atoms with van der Waals surface area (Å²) in [7, 11) is 0. The van der Waals surface area contributed by atoms with Crippen LogP contribution in [-0.2, 0) is 11.3 Å². The van der Waals surface area contributed by atoms with Gasteiger partial charge in [0.1, 0.15) is 5.82 Å². The number of rotatable bonds is 6. The second-order valence-corrected chi connectivity index (χ2v) is 6.35. The molecule has 0 atom stereocenters. The number of fused-ring (bicyclic) bond motifs is 1. The predicted molar refractivity (Wildman–Crippen MR) is 98.0 cm³/mol. The first-order valence-electron chi connectivity index (χ1n) is 8.83. The highest BCUT2D eigenvalue weighted by Crippen LogP contribution is 2.22. The lowest BCUT2D eigenvalue weighted by Gasteiger charge is -2.13. The highest BCUT2D eigenvalue weighted by molar-refractivity contribution is 6.21. The lowest BCUT2D eigenvalue weighted by Crippen LogP contribution is -2.34. The molecule has 29 heavy (non-hydrogen) atoms. The van der Waals surface area contributed by atoms with E-state index in [2.05, 4.69) is 15.5 Å². The van der Waals surface area contributed by atoms with Crippen molar-refractivity contribution in [2.45, 2.75) is 13.0 Å². The summed E-state index contributed by atoms with van der Waals surface area (Å²) in [5.74, 6) is -1.09. The summed E-state index contributed by atoms with van der Waals surface area (Å²) in [5, 5.41) is 6.39. The fourth-order valence-electron chi connectivity index (χ4n) is 2.96. The van der Waals surface area contributed by atoms with E-state index in [4.69, 9.17) is 4.52 Å². The molecule has 9 heteroatoms. The van der Waals surface area contributed by atoms with Crippen LogP contribution in [0.3, 0.4) is 0 Å². The number of carbonyl (C=O) groups is 3. The lowest BCUT2D eigenvalue weighted by atomic mass is 10.1. The molecule has 4 rings (SSSR count). The van der Waals surface area contributed by atoms with Gasteiger partial charge in [-0.15, -0.1) is 0 Å². The van der Waals surface area contributed by atoms with Crippen LogP contribution in [0.5, 0.6) is 0 Å². The lowest BCUT2D eigenvalue weighted by molar-refractivity contribution is -0.121. The van der Waals surface area contributed by atoms with Gasteiger partial charge in [0.05, 0.1) is 17.7 Å². The summed E-state index contributed by atoms with van der Waals surface area (Å²) in [6, 6.07) is 12.2. The zero-order valence-corrected chi connectivity index (χ0v) is 15.1. The minimum absolute atomic E-state index is 0.00482. The molecule has 3 aromatic rings. The SMILES string of the molecule is O=C(CCN1C(=O)c2ccccc2C1=O)NCc1nc(-c2ccc(F)cc2)no1. The van der Waals surface area contributed by atoms with Gasteiger partial charge >= 0.3 is 0 Å². The van der Waals surface area contributed by atoms with Crippen LogP contribution in [0.4, 0.5) is 4.39 Å². The number of aromatic nitrogens is 2. The minimum Gasteiger partial charge on any atom is -0.347 e. The summed E-state index contributed by atoms with van der Waals surface area (Å²) >= 11 is 0. The fraction of sp³-hybridized carbons (Fsp3) is 0.150. The summed E-state index contributed by atoms with van der Waals surface area (Å²) < 4.78 is 18.0. The summed E-state index contributed by atoms with van der Waals surface area (Å²) in [6.45, 7) is -0.0298. The Bertz CT molecular complexity index is 1060. The molecule has 146 valence electrons. The summed E-state index contributed by atoms with van der Waals surface area (Å²) in [4.78, 5) is 41.8. The summed E-state index contributed by atoms with van der Waals surface area (Å²) in [5.41, 5.74) is 1.27. The van der Waals surface area contributed by atoms with Crippen molar-refractivity contribution < 1.29 is 23.3 Å². The van der Waals surface area contributed by atoms with Crippen LogP contribution in [0.1, 0.15) is 33.0 Å². The van der Waals surface area contributed by atoms with Gasteiger partial charge in [0, 0.05) is 18.5 Å². The normalized spacial score (nSPS) is 12.9. The van der Waals surface area contributed by atoms with Crippen LogP contribution in [0, 0.1) is 5.82 Å². The standard InChI is InChI=1S/C20H15FN4O4/c21-13-7-5-12(6-8-13)18-23-17(29-24-18)11-22-16(26)9-10-25-19(27)14-3-1-2-4-15(14)20(25)28/h1-8H,9-11H2,(H,22,26). The van der Waals surface area contributed by atoms with Gasteiger partial charge < -0.3 is 9.84 Å². The molecule has 0 radical (unpaired) electrons. The third kappa shape index (κ3) is 3.75. The minimum atomic E-state index is -0.403. The van der Waals surface area contributed by atoms with Gasteiger partial charge in [-0.2, -0.15) is 4.98 Å². The zero-order chi connectivity index (χ0) is 20.4. The highest BCUT2D eigenvalue weighted by Gasteiger charge is 2.34. The molecule has 0 aliphatic carbocycles. The van der Waals surface area contributed by atoms with Crippen molar-refractivity contribution in [2.24, 2.45) is 0 Å². The van der Waals surface area contributed by atoms with Crippen LogP contribution in [0.2, 0.25) is 0 Å². The van der Waals surface area contributed by atoms with Crippen LogP contribution >= 0.6 is 0 Å². The first-order valence-corrected chi connectivity index (χ1v) is 8.83. The van der Waals surface area contributed by atoms with Crippen LogP contribution in [0.25, 0.3) is 11.4 Å². The van der Waals surface area contributed by atoms with Crippen molar-refractivity contribution in [1.82, 2.24) is 20.4 Å². The molecule has 1 N–H and O–H groups in total. The van der Waals surface area contributed by atoms with E-state index >= 15 is 0 Å². The van der Waals surface area contributed by atoms with Crippen LogP contribution in [-0.4, -0.2) is 39.3 Å². The van der Waals surface area contributed by atoms with Crippen molar-refractivity contribution in [3.8, 4) is 11.4 Å². The number of hydrogen-bond donors (Lipinski definition) is 1. The molecular weight excluding hydrogens is 379 g/mol. The molecule has 2 aromatic carbocycles. The molecule has 1 aliphatic rings. The first kappa shape index (κ1) is 18.5. The van der Waals surface area contributed by atoms with Gasteiger partial charge in [0.2, 0.25) is 17.6 Å². The third-order valence-corrected chi connectivity index (χ3v) is 4.45. The van der Waals surface area contributed by atoms with Crippen molar-refractivity contribution in [2.75, 3.05) is 6.54 Å². The number of nitrogens with one attached hydrogen (secondary N) is 1. The molecule has 0 unspecified atom stereocenters. The number of amides is 3. The molecule has 8 nitrogen and oxygen atoms in total. The average Bonchev–Trinajstić information content (AvgIpc) is 3.30. The fourth-order valence-corrected chi connectivity index (χ4v) is 2.96. The number of nitrogens with zero attached hydrogens (tertiary/aromatic N) is 3. The Hall–Kier alpha value is -3.88. The molecule has 0 bridgehead atoms. The molecule has 0 saturated heterocycles. The third-order valence-electron chi connectivity index (χ3n) is 4.45. The second-order valence-electron chi connectivity index (χ2n) is 6.35. The monoisotopic (exact) mass is 394 g/mol. The molecule has 0 fully saturated rings. The van der Waals surface area contributed by atoms with Gasteiger partial charge in [-0.3, -0.25) is 19.3 Å². The molecular formula is C20H15FN4O4. The Labute approximate surface area is 164 Å². The highest BCUT2D eigenvalue weighted by atomic mass is 19.1. The van der Waals surface area contributed by atoms with E-state index in [9.17, 15) is 18.8 Å². The van der Waals surface area contributed by atoms with Gasteiger partial charge in [0.25, 0.3) is 11.8 Å². The van der Waals surface area contributed by atoms with Crippen molar-refractivity contribution in [3.05, 3.63) is 71.4 Å². The van der Waals surface area contributed by atoms with Crippen molar-refractivity contribution in [1.29, 1.82) is 0 Å². The van der Waals surface area contributed by atoms with Gasteiger partial charge in [-0.05, 0) is 36.4 Å². The van der Waals surface area contributed by atoms with E-state index in [1.54, 1.807) is 24.3 Å².